The normalized spacial score (nSPS) is 11.3. The van der Waals surface area contributed by atoms with Crippen LogP contribution in [-0.2, 0) is 11.4 Å². The van der Waals surface area contributed by atoms with Gasteiger partial charge in [0.15, 0.2) is 0 Å². The van der Waals surface area contributed by atoms with Crippen LogP contribution in [0.4, 0.5) is 17.1 Å². The average Bonchev–Trinajstić information content (AvgIpc) is 2.97. The van der Waals surface area contributed by atoms with E-state index in [-0.39, 0.29) is 5.91 Å². The molecule has 0 saturated heterocycles. The number of aryl methyl sites for hydroxylation is 2. The van der Waals surface area contributed by atoms with E-state index in [4.69, 9.17) is 9.47 Å². The second-order valence-corrected chi connectivity index (χ2v) is 11.2. The van der Waals surface area contributed by atoms with Crippen molar-refractivity contribution in [1.82, 2.24) is 14.9 Å². The summed E-state index contributed by atoms with van der Waals surface area (Å²) in [6.07, 6.45) is 5.14. The first kappa shape index (κ1) is 32.0. The van der Waals surface area contributed by atoms with E-state index in [1.807, 2.05) is 69.4 Å². The van der Waals surface area contributed by atoms with Crippen molar-refractivity contribution < 1.29 is 14.3 Å². The molecule has 0 fully saturated rings. The number of benzene rings is 2. The van der Waals surface area contributed by atoms with E-state index in [9.17, 15) is 10.1 Å². The van der Waals surface area contributed by atoms with Crippen LogP contribution in [0.2, 0.25) is 0 Å². The van der Waals surface area contributed by atoms with Crippen molar-refractivity contribution in [2.75, 3.05) is 37.9 Å². The standard InChI is InChI=1S/C35H40N6O3/c1-8-43-33-18-30-27(17-31(33)40-34(42)10-9-15-41(6)7)35(28(19-36)24(5)38-30)39-26-12-14-32(23(4)16-26)44-21-25-11-13-29(22(2)3)37-20-25/h9-14,16-18,20,22H,8,15,21H2,1-7H3,(H,38,39)(H,40,42)/b10-9+. The van der Waals surface area contributed by atoms with Gasteiger partial charge in [0.25, 0.3) is 0 Å². The zero-order valence-electron chi connectivity index (χ0n) is 26.5. The molecule has 2 heterocycles. The van der Waals surface area contributed by atoms with Crippen LogP contribution in [-0.4, -0.2) is 48.0 Å². The molecule has 0 aliphatic carbocycles. The molecule has 2 aromatic carbocycles. The molecule has 0 radical (unpaired) electrons. The fourth-order valence-electron chi connectivity index (χ4n) is 4.66. The summed E-state index contributed by atoms with van der Waals surface area (Å²) >= 11 is 0. The van der Waals surface area contributed by atoms with Crippen molar-refractivity contribution >= 4 is 33.9 Å². The number of nitrogens with zero attached hydrogens (tertiary/aromatic N) is 4. The first-order valence-electron chi connectivity index (χ1n) is 14.7. The number of nitriles is 1. The van der Waals surface area contributed by atoms with Crippen LogP contribution in [0, 0.1) is 25.2 Å². The Hall–Kier alpha value is -4.94. The maximum Gasteiger partial charge on any atom is 0.248 e. The molecule has 9 nitrogen and oxygen atoms in total. The Balaban J connectivity index is 1.64. The Morgan fingerprint density at radius 1 is 1.09 bits per heavy atom. The van der Waals surface area contributed by atoms with Gasteiger partial charge in [0.1, 0.15) is 24.2 Å². The Morgan fingerprint density at radius 2 is 1.89 bits per heavy atom. The van der Waals surface area contributed by atoms with Gasteiger partial charge in [0.2, 0.25) is 5.91 Å². The SMILES string of the molecule is CCOc1cc2nc(C)c(C#N)c(Nc3ccc(OCc4ccc(C(C)C)nc4)c(C)c3)c2cc1NC(=O)/C=C/CN(C)C. The summed E-state index contributed by atoms with van der Waals surface area (Å²) in [6, 6.07) is 15.8. The highest BCUT2D eigenvalue weighted by Gasteiger charge is 2.18. The van der Waals surface area contributed by atoms with E-state index in [1.165, 1.54) is 6.08 Å². The lowest BCUT2D eigenvalue weighted by molar-refractivity contribution is -0.111. The topological polar surface area (TPSA) is 112 Å². The zero-order valence-corrected chi connectivity index (χ0v) is 26.5. The summed E-state index contributed by atoms with van der Waals surface area (Å²) in [6.45, 7) is 11.4. The van der Waals surface area contributed by atoms with Gasteiger partial charge in [-0.15, -0.1) is 0 Å². The predicted octanol–water partition coefficient (Wildman–Crippen LogP) is 7.02. The van der Waals surface area contributed by atoms with Gasteiger partial charge < -0.3 is 25.0 Å². The highest BCUT2D eigenvalue weighted by molar-refractivity contribution is 6.05. The van der Waals surface area contributed by atoms with Crippen LogP contribution >= 0.6 is 0 Å². The molecule has 1 amide bonds. The number of hydrogen-bond donors (Lipinski definition) is 2. The molecule has 9 heteroatoms. The predicted molar refractivity (Wildman–Crippen MR) is 176 cm³/mol. The maximum atomic E-state index is 12.7. The molecule has 4 aromatic rings. The summed E-state index contributed by atoms with van der Waals surface area (Å²) in [5.41, 5.74) is 6.50. The molecule has 0 spiro atoms. The number of nitrogens with one attached hydrogen (secondary N) is 2. The molecule has 0 aliphatic rings. The largest absolute Gasteiger partial charge is 0.492 e. The van der Waals surface area contributed by atoms with E-state index in [0.717, 1.165) is 28.3 Å². The van der Waals surface area contributed by atoms with Crippen molar-refractivity contribution in [3.8, 4) is 17.6 Å². The first-order chi connectivity index (χ1) is 21.1. The minimum atomic E-state index is -0.278. The lowest BCUT2D eigenvalue weighted by Gasteiger charge is -2.18. The zero-order chi connectivity index (χ0) is 31.8. The number of pyridine rings is 2. The second-order valence-electron chi connectivity index (χ2n) is 11.2. The smallest absolute Gasteiger partial charge is 0.248 e. The van der Waals surface area contributed by atoms with Gasteiger partial charge >= 0.3 is 0 Å². The number of anilines is 3. The monoisotopic (exact) mass is 592 g/mol. The van der Waals surface area contributed by atoms with Crippen molar-refractivity contribution in [2.24, 2.45) is 0 Å². The lowest BCUT2D eigenvalue weighted by atomic mass is 10.0. The molecule has 0 unspecified atom stereocenters. The molecule has 44 heavy (non-hydrogen) atoms. The number of hydrogen-bond acceptors (Lipinski definition) is 8. The summed E-state index contributed by atoms with van der Waals surface area (Å²) < 4.78 is 12.0. The van der Waals surface area contributed by atoms with Crippen molar-refractivity contribution in [3.63, 3.8) is 0 Å². The molecular formula is C35H40N6O3. The van der Waals surface area contributed by atoms with Crippen LogP contribution in [0.5, 0.6) is 11.5 Å². The van der Waals surface area contributed by atoms with Gasteiger partial charge in [-0.2, -0.15) is 5.26 Å². The van der Waals surface area contributed by atoms with Crippen LogP contribution in [0.15, 0.2) is 60.8 Å². The average molecular weight is 593 g/mol. The first-order valence-corrected chi connectivity index (χ1v) is 14.7. The molecule has 0 saturated carbocycles. The van der Waals surface area contributed by atoms with Crippen molar-refractivity contribution in [2.45, 2.75) is 47.1 Å². The minimum absolute atomic E-state index is 0.278. The third-order valence-electron chi connectivity index (χ3n) is 6.95. The lowest BCUT2D eigenvalue weighted by Crippen LogP contribution is -2.13. The fourth-order valence-corrected chi connectivity index (χ4v) is 4.66. The molecule has 0 aliphatic heterocycles. The van der Waals surface area contributed by atoms with Crippen molar-refractivity contribution in [1.29, 1.82) is 5.26 Å². The molecule has 2 N–H and O–H groups in total. The van der Waals surface area contributed by atoms with E-state index in [2.05, 4.69) is 40.5 Å². The second kappa shape index (κ2) is 14.5. The third-order valence-corrected chi connectivity index (χ3v) is 6.95. The van der Waals surface area contributed by atoms with Gasteiger partial charge in [0.05, 0.1) is 34.8 Å². The van der Waals surface area contributed by atoms with Crippen LogP contribution in [0.3, 0.4) is 0 Å². The van der Waals surface area contributed by atoms with Crippen molar-refractivity contribution in [3.05, 3.63) is 88.9 Å². The van der Waals surface area contributed by atoms with E-state index >= 15 is 0 Å². The number of rotatable bonds is 12. The third kappa shape index (κ3) is 7.91. The van der Waals surface area contributed by atoms with Gasteiger partial charge in [0, 0.05) is 47.2 Å². The molecule has 2 aromatic heterocycles. The Bertz CT molecular complexity index is 1710. The quantitative estimate of drug-likeness (QED) is 0.169. The minimum Gasteiger partial charge on any atom is -0.492 e. The van der Waals surface area contributed by atoms with Gasteiger partial charge in [-0.3, -0.25) is 14.8 Å². The van der Waals surface area contributed by atoms with E-state index in [1.54, 1.807) is 25.1 Å². The molecule has 0 atom stereocenters. The Morgan fingerprint density at radius 3 is 2.52 bits per heavy atom. The molecule has 228 valence electrons. The summed E-state index contributed by atoms with van der Waals surface area (Å²) in [4.78, 5) is 23.9. The number of aromatic nitrogens is 2. The number of carbonyl (C=O) groups excluding carboxylic acids is 1. The number of fused-ring (bicyclic) bond motifs is 1. The number of carbonyl (C=O) groups is 1. The molecule has 4 rings (SSSR count). The van der Waals surface area contributed by atoms with Gasteiger partial charge in [-0.05, 0) is 76.7 Å². The molecule has 0 bridgehead atoms. The summed E-state index contributed by atoms with van der Waals surface area (Å²) in [7, 11) is 3.86. The number of amides is 1. The number of ether oxygens (including phenoxy) is 2. The highest BCUT2D eigenvalue weighted by Crippen LogP contribution is 2.38. The van der Waals surface area contributed by atoms with E-state index < -0.39 is 0 Å². The van der Waals surface area contributed by atoms with Crippen LogP contribution in [0.25, 0.3) is 10.9 Å². The van der Waals surface area contributed by atoms with Gasteiger partial charge in [-0.25, -0.2) is 0 Å². The van der Waals surface area contributed by atoms with Crippen LogP contribution in [0.1, 0.15) is 54.8 Å². The Labute approximate surface area is 259 Å². The number of likely N-dealkylation sites (N-methyl/N-ethyl adjacent to an activating group) is 1. The molecular weight excluding hydrogens is 552 g/mol. The van der Waals surface area contributed by atoms with Gasteiger partial charge in [-0.1, -0.05) is 26.0 Å². The summed E-state index contributed by atoms with van der Waals surface area (Å²) in [5.74, 6) is 1.36. The maximum absolute atomic E-state index is 12.7. The Kier molecular flexibility index (Phi) is 10.5. The summed E-state index contributed by atoms with van der Waals surface area (Å²) in [5, 5.41) is 17.1. The van der Waals surface area contributed by atoms with Crippen LogP contribution < -0.4 is 20.1 Å². The highest BCUT2D eigenvalue weighted by atomic mass is 16.5. The van der Waals surface area contributed by atoms with E-state index in [0.29, 0.717) is 65.0 Å². The fraction of sp³-hybridized carbons (Fsp3) is 0.314.